The molecule has 2 N–H and O–H groups in total. The third-order valence-corrected chi connectivity index (χ3v) is 2.03. The summed E-state index contributed by atoms with van der Waals surface area (Å²) in [5, 5.41) is 11.1. The molecule has 1 aromatic rings. The van der Waals surface area contributed by atoms with Crippen molar-refractivity contribution in [3.05, 3.63) is 23.8 Å². The van der Waals surface area contributed by atoms with E-state index in [1.54, 1.807) is 13.8 Å². The van der Waals surface area contributed by atoms with Crippen molar-refractivity contribution in [2.45, 2.75) is 26.3 Å². The highest BCUT2D eigenvalue weighted by Gasteiger charge is 2.19. The molecular formula is C10H13N3O3. The second-order valence-electron chi connectivity index (χ2n) is 3.32. The van der Waals surface area contributed by atoms with E-state index in [0.29, 0.717) is 12.1 Å². The Morgan fingerprint density at radius 2 is 2.12 bits per heavy atom. The Morgan fingerprint density at radius 3 is 2.56 bits per heavy atom. The Morgan fingerprint density at radius 1 is 1.44 bits per heavy atom. The Bertz CT molecular complexity index is 389. The highest BCUT2D eigenvalue weighted by Crippen LogP contribution is 1.97. The van der Waals surface area contributed by atoms with Gasteiger partial charge in [0.1, 0.15) is 11.7 Å². The minimum atomic E-state index is -1.06. The average molecular weight is 223 g/mol. The fourth-order valence-corrected chi connectivity index (χ4v) is 1.08. The van der Waals surface area contributed by atoms with E-state index < -0.39 is 17.9 Å². The van der Waals surface area contributed by atoms with Crippen LogP contribution in [0.5, 0.6) is 0 Å². The van der Waals surface area contributed by atoms with Crippen LogP contribution in [0.25, 0.3) is 0 Å². The number of rotatable bonds is 4. The van der Waals surface area contributed by atoms with Gasteiger partial charge in [0, 0.05) is 6.20 Å². The summed E-state index contributed by atoms with van der Waals surface area (Å²) in [7, 11) is 0. The zero-order valence-corrected chi connectivity index (χ0v) is 9.10. The van der Waals surface area contributed by atoms with Gasteiger partial charge in [-0.05, 0) is 13.3 Å². The predicted molar refractivity (Wildman–Crippen MR) is 56.0 cm³/mol. The minimum absolute atomic E-state index is 0.116. The van der Waals surface area contributed by atoms with E-state index in [9.17, 15) is 9.59 Å². The molecule has 86 valence electrons. The van der Waals surface area contributed by atoms with Crippen molar-refractivity contribution in [1.82, 2.24) is 15.3 Å². The number of carbonyl (C=O) groups is 2. The minimum Gasteiger partial charge on any atom is -0.480 e. The molecule has 0 saturated heterocycles. The van der Waals surface area contributed by atoms with Gasteiger partial charge in [-0.25, -0.2) is 9.78 Å². The van der Waals surface area contributed by atoms with Crippen LogP contribution in [-0.4, -0.2) is 33.0 Å². The first kappa shape index (κ1) is 12.1. The molecular weight excluding hydrogens is 210 g/mol. The van der Waals surface area contributed by atoms with Crippen molar-refractivity contribution >= 4 is 11.9 Å². The molecule has 0 unspecified atom stereocenters. The fraction of sp³-hybridized carbons (Fsp3) is 0.400. The molecule has 6 heteroatoms. The summed E-state index contributed by atoms with van der Waals surface area (Å²) in [6.45, 7) is 3.43. The number of amides is 1. The van der Waals surface area contributed by atoms with Gasteiger partial charge in [0.05, 0.1) is 11.9 Å². The zero-order valence-electron chi connectivity index (χ0n) is 9.10. The van der Waals surface area contributed by atoms with Crippen LogP contribution >= 0.6 is 0 Å². The Hall–Kier alpha value is -1.98. The maximum absolute atomic E-state index is 11.6. The first-order chi connectivity index (χ1) is 7.54. The van der Waals surface area contributed by atoms with Crippen LogP contribution in [0.1, 0.15) is 29.5 Å². The molecule has 0 aliphatic heterocycles. The lowest BCUT2D eigenvalue weighted by atomic mass is 10.2. The number of nitrogens with one attached hydrogen (secondary N) is 1. The van der Waals surface area contributed by atoms with E-state index >= 15 is 0 Å². The summed E-state index contributed by atoms with van der Waals surface area (Å²) in [4.78, 5) is 30.0. The van der Waals surface area contributed by atoms with E-state index in [1.165, 1.54) is 12.4 Å². The molecule has 0 aliphatic carbocycles. The Balaban J connectivity index is 2.71. The van der Waals surface area contributed by atoms with Gasteiger partial charge in [-0.3, -0.25) is 9.78 Å². The summed E-state index contributed by atoms with van der Waals surface area (Å²) in [6.07, 6.45) is 3.09. The first-order valence-corrected chi connectivity index (χ1v) is 4.87. The van der Waals surface area contributed by atoms with Crippen molar-refractivity contribution in [1.29, 1.82) is 0 Å². The van der Waals surface area contributed by atoms with E-state index in [1.807, 2.05) is 0 Å². The monoisotopic (exact) mass is 223 g/mol. The average Bonchev–Trinajstić information content (AvgIpc) is 2.26. The maximum Gasteiger partial charge on any atom is 0.326 e. The van der Waals surface area contributed by atoms with Crippen LogP contribution in [0.4, 0.5) is 0 Å². The lowest BCUT2D eigenvalue weighted by Crippen LogP contribution is -2.40. The Labute approximate surface area is 92.7 Å². The number of carbonyl (C=O) groups excluding carboxylic acids is 1. The van der Waals surface area contributed by atoms with Crippen molar-refractivity contribution in [3.8, 4) is 0 Å². The van der Waals surface area contributed by atoms with Crippen LogP contribution in [-0.2, 0) is 4.79 Å². The molecule has 1 heterocycles. The molecule has 0 aliphatic rings. The lowest BCUT2D eigenvalue weighted by molar-refractivity contribution is -0.139. The van der Waals surface area contributed by atoms with Crippen LogP contribution in [0.2, 0.25) is 0 Å². The van der Waals surface area contributed by atoms with Gasteiger partial charge >= 0.3 is 5.97 Å². The third kappa shape index (κ3) is 3.01. The van der Waals surface area contributed by atoms with E-state index in [2.05, 4.69) is 15.3 Å². The zero-order chi connectivity index (χ0) is 12.1. The number of aryl methyl sites for hydroxylation is 1. The predicted octanol–water partition coefficient (Wildman–Crippen LogP) is 0.378. The van der Waals surface area contributed by atoms with Crippen LogP contribution in [0.3, 0.4) is 0 Å². The van der Waals surface area contributed by atoms with Gasteiger partial charge < -0.3 is 10.4 Å². The van der Waals surface area contributed by atoms with Gasteiger partial charge in [-0.1, -0.05) is 6.92 Å². The quantitative estimate of drug-likeness (QED) is 0.769. The van der Waals surface area contributed by atoms with Crippen molar-refractivity contribution in [2.75, 3.05) is 0 Å². The number of aliphatic carboxylic acids is 1. The van der Waals surface area contributed by atoms with Crippen LogP contribution < -0.4 is 5.32 Å². The van der Waals surface area contributed by atoms with Crippen molar-refractivity contribution in [3.63, 3.8) is 0 Å². The van der Waals surface area contributed by atoms with E-state index in [-0.39, 0.29) is 5.69 Å². The number of aromatic nitrogens is 2. The molecule has 1 aromatic heterocycles. The second-order valence-corrected chi connectivity index (χ2v) is 3.32. The smallest absolute Gasteiger partial charge is 0.326 e. The molecule has 16 heavy (non-hydrogen) atoms. The maximum atomic E-state index is 11.6. The number of hydrogen-bond donors (Lipinski definition) is 2. The van der Waals surface area contributed by atoms with Crippen molar-refractivity contribution < 1.29 is 14.7 Å². The van der Waals surface area contributed by atoms with Crippen LogP contribution in [0.15, 0.2) is 12.4 Å². The standard InChI is InChI=1S/C10H13N3O3/c1-3-7(10(15)16)13-9(14)8-5-11-6(2)4-12-8/h4-5,7H,3H2,1-2H3,(H,13,14)(H,15,16)/t7-/m0/s1. The molecule has 0 radical (unpaired) electrons. The molecule has 0 saturated carbocycles. The summed E-state index contributed by atoms with van der Waals surface area (Å²) in [6, 6.07) is -0.893. The van der Waals surface area contributed by atoms with Gasteiger partial charge in [0.2, 0.25) is 0 Å². The van der Waals surface area contributed by atoms with Gasteiger partial charge in [-0.15, -0.1) is 0 Å². The highest BCUT2D eigenvalue weighted by molar-refractivity contribution is 5.94. The summed E-state index contributed by atoms with van der Waals surface area (Å²) in [5.74, 6) is -1.59. The van der Waals surface area contributed by atoms with E-state index in [0.717, 1.165) is 0 Å². The molecule has 6 nitrogen and oxygen atoms in total. The largest absolute Gasteiger partial charge is 0.480 e. The van der Waals surface area contributed by atoms with E-state index in [4.69, 9.17) is 5.11 Å². The van der Waals surface area contributed by atoms with Gasteiger partial charge in [0.25, 0.3) is 5.91 Å². The molecule has 0 spiro atoms. The lowest BCUT2D eigenvalue weighted by Gasteiger charge is -2.11. The number of nitrogens with zero attached hydrogens (tertiary/aromatic N) is 2. The van der Waals surface area contributed by atoms with Crippen molar-refractivity contribution in [2.24, 2.45) is 0 Å². The van der Waals surface area contributed by atoms with Gasteiger partial charge in [-0.2, -0.15) is 0 Å². The SMILES string of the molecule is CC[C@H](NC(=O)c1cnc(C)cn1)C(=O)O. The fourth-order valence-electron chi connectivity index (χ4n) is 1.08. The molecule has 0 bridgehead atoms. The molecule has 1 atom stereocenters. The second kappa shape index (κ2) is 5.20. The topological polar surface area (TPSA) is 92.2 Å². The summed E-state index contributed by atoms with van der Waals surface area (Å²) >= 11 is 0. The first-order valence-electron chi connectivity index (χ1n) is 4.87. The summed E-state index contributed by atoms with van der Waals surface area (Å²) < 4.78 is 0. The summed E-state index contributed by atoms with van der Waals surface area (Å²) in [5.41, 5.74) is 0.812. The number of carboxylic acid groups (broad SMARTS) is 1. The number of carboxylic acids is 1. The molecule has 0 aromatic carbocycles. The molecule has 1 rings (SSSR count). The number of hydrogen-bond acceptors (Lipinski definition) is 4. The van der Waals surface area contributed by atoms with Gasteiger partial charge in [0.15, 0.2) is 0 Å². The molecule has 1 amide bonds. The Kier molecular flexibility index (Phi) is 3.93. The molecule has 0 fully saturated rings. The third-order valence-electron chi connectivity index (χ3n) is 2.03. The highest BCUT2D eigenvalue weighted by atomic mass is 16.4. The normalized spacial score (nSPS) is 11.9. The van der Waals surface area contributed by atoms with Crippen LogP contribution in [0, 0.1) is 6.92 Å².